The van der Waals surface area contributed by atoms with Crippen LogP contribution in [0.25, 0.3) is 10.9 Å². The minimum atomic E-state index is -0.134. The maximum atomic E-state index is 11.7. The molecule has 1 aromatic rings. The smallest absolute Gasteiger partial charge is 0.230 e. The van der Waals surface area contributed by atoms with Gasteiger partial charge in [-0.05, 0) is 18.6 Å². The summed E-state index contributed by atoms with van der Waals surface area (Å²) in [4.78, 5) is 15.0. The fraction of sp³-hybridized carbons (Fsp3) is 0.286. The number of carbonyl (C=O) groups is 1. The molecule has 0 saturated heterocycles. The monoisotopic (exact) mass is 213 g/mol. The lowest BCUT2D eigenvalue weighted by Crippen LogP contribution is -2.07. The molecule has 0 aromatic heterocycles. The Morgan fingerprint density at radius 2 is 1.88 bits per heavy atom. The van der Waals surface area contributed by atoms with Crippen LogP contribution in [0.3, 0.4) is 0 Å². The lowest BCUT2D eigenvalue weighted by atomic mass is 10.0. The van der Waals surface area contributed by atoms with Gasteiger partial charge in [0.25, 0.3) is 0 Å². The quantitative estimate of drug-likeness (QED) is 0.556. The largest absolute Gasteiger partial charge is 0.308 e. The zero-order valence-electron chi connectivity index (χ0n) is 9.82. The highest BCUT2D eigenvalue weighted by Gasteiger charge is 2.13. The second-order valence-corrected chi connectivity index (χ2v) is 4.07. The van der Waals surface area contributed by atoms with Crippen molar-refractivity contribution in [3.63, 3.8) is 0 Å². The van der Waals surface area contributed by atoms with Crippen molar-refractivity contribution in [1.29, 1.82) is 0 Å². The van der Waals surface area contributed by atoms with Crippen molar-refractivity contribution >= 4 is 11.9 Å². The lowest BCUT2D eigenvalue weighted by Gasteiger charge is -2.02. The molecule has 0 unspecified atom stereocenters. The molecule has 16 heavy (non-hydrogen) atoms. The van der Waals surface area contributed by atoms with Gasteiger partial charge in [-0.15, -0.1) is 0 Å². The number of benzene rings is 1. The summed E-state index contributed by atoms with van der Waals surface area (Å²) in [6.45, 7) is 12.6. The molecular formula is C14H15NO. The van der Waals surface area contributed by atoms with Crippen molar-refractivity contribution in [1.82, 2.24) is 0 Å². The highest BCUT2D eigenvalue weighted by molar-refractivity contribution is 6.02. The molecule has 0 fully saturated rings. The second kappa shape index (κ2) is 5.27. The molecule has 0 aliphatic rings. The predicted octanol–water partition coefficient (Wildman–Crippen LogP) is 3.48. The summed E-state index contributed by atoms with van der Waals surface area (Å²) in [6.07, 6.45) is 1.65. The summed E-state index contributed by atoms with van der Waals surface area (Å²) in [7, 11) is 0. The van der Waals surface area contributed by atoms with E-state index < -0.39 is 0 Å². The van der Waals surface area contributed by atoms with E-state index in [1.807, 2.05) is 31.2 Å². The number of aryl methyl sites for hydroxylation is 1. The van der Waals surface area contributed by atoms with Gasteiger partial charge < -0.3 is 4.79 Å². The highest BCUT2D eigenvalue weighted by atomic mass is 16.1. The fourth-order valence-corrected chi connectivity index (χ4v) is 1.27. The first-order valence-corrected chi connectivity index (χ1v) is 5.24. The van der Waals surface area contributed by atoms with E-state index in [1.54, 1.807) is 19.9 Å². The Bertz CT molecular complexity index is 447. The zero-order valence-corrected chi connectivity index (χ0v) is 9.82. The lowest BCUT2D eigenvalue weighted by molar-refractivity contribution is -0.117. The Hall–Kier alpha value is -1.88. The van der Waals surface area contributed by atoms with Crippen molar-refractivity contribution in [2.24, 2.45) is 5.92 Å². The van der Waals surface area contributed by atoms with Gasteiger partial charge in [0, 0.05) is 5.92 Å². The molecule has 0 radical (unpaired) electrons. The summed E-state index contributed by atoms with van der Waals surface area (Å²) >= 11 is 0. The van der Waals surface area contributed by atoms with E-state index in [0.29, 0.717) is 0 Å². The molecule has 0 heterocycles. The molecular weight excluding hydrogens is 198 g/mol. The highest BCUT2D eigenvalue weighted by Crippen LogP contribution is 2.13. The van der Waals surface area contributed by atoms with Crippen LogP contribution >= 0.6 is 0 Å². The molecule has 2 nitrogen and oxygen atoms in total. The average molecular weight is 213 g/mol. The topological polar surface area (TPSA) is 21.4 Å². The SMILES string of the molecule is [C-]#[N+]/C(=C\c1ccc(C)cc1)C(=O)C(C)C. The van der Waals surface area contributed by atoms with Crippen LogP contribution in [0.1, 0.15) is 25.0 Å². The van der Waals surface area contributed by atoms with Crippen LogP contribution in [0.2, 0.25) is 0 Å². The Kier molecular flexibility index (Phi) is 4.02. The normalized spacial score (nSPS) is 11.3. The molecule has 0 amide bonds. The van der Waals surface area contributed by atoms with E-state index in [4.69, 9.17) is 6.57 Å². The standard InChI is InChI=1S/C14H15NO/c1-10(2)14(16)13(15-4)9-12-7-5-11(3)6-8-12/h5-10H,1-3H3/b13-9-. The van der Waals surface area contributed by atoms with Crippen LogP contribution in [-0.2, 0) is 4.79 Å². The van der Waals surface area contributed by atoms with Crippen LogP contribution in [-0.4, -0.2) is 5.78 Å². The second-order valence-electron chi connectivity index (χ2n) is 4.07. The number of rotatable bonds is 3. The Morgan fingerprint density at radius 3 is 2.31 bits per heavy atom. The third kappa shape index (κ3) is 3.06. The van der Waals surface area contributed by atoms with E-state index in [2.05, 4.69) is 4.85 Å². The minimum absolute atomic E-state index is 0.101. The van der Waals surface area contributed by atoms with Gasteiger partial charge in [0.1, 0.15) is 0 Å². The van der Waals surface area contributed by atoms with Gasteiger partial charge in [-0.2, -0.15) is 0 Å². The van der Waals surface area contributed by atoms with E-state index in [9.17, 15) is 4.79 Å². The van der Waals surface area contributed by atoms with Crippen LogP contribution in [0.5, 0.6) is 0 Å². The molecule has 1 aromatic carbocycles. The summed E-state index contributed by atoms with van der Waals surface area (Å²) in [5, 5.41) is 0. The van der Waals surface area contributed by atoms with Gasteiger partial charge in [-0.3, -0.25) is 0 Å². The van der Waals surface area contributed by atoms with Gasteiger partial charge in [-0.25, -0.2) is 4.85 Å². The molecule has 1 rings (SSSR count). The van der Waals surface area contributed by atoms with E-state index in [1.165, 1.54) is 0 Å². The van der Waals surface area contributed by atoms with Gasteiger partial charge in [0.15, 0.2) is 5.78 Å². The first-order valence-electron chi connectivity index (χ1n) is 5.24. The first-order chi connectivity index (χ1) is 7.54. The zero-order chi connectivity index (χ0) is 12.1. The number of ketones is 1. The van der Waals surface area contributed by atoms with E-state index >= 15 is 0 Å². The van der Waals surface area contributed by atoms with E-state index in [-0.39, 0.29) is 17.4 Å². The minimum Gasteiger partial charge on any atom is -0.308 e. The molecule has 0 aliphatic heterocycles. The van der Waals surface area contributed by atoms with Gasteiger partial charge in [0.05, 0.1) is 6.57 Å². The van der Waals surface area contributed by atoms with Crippen molar-refractivity contribution in [3.8, 4) is 0 Å². The third-order valence-corrected chi connectivity index (χ3v) is 2.28. The molecule has 0 bridgehead atoms. The number of Topliss-reactive ketones (excluding diaryl/α,β-unsaturated/α-hetero) is 1. The van der Waals surface area contributed by atoms with Crippen molar-refractivity contribution in [2.75, 3.05) is 0 Å². The number of allylic oxidation sites excluding steroid dienone is 1. The predicted molar refractivity (Wildman–Crippen MR) is 65.6 cm³/mol. The molecule has 0 N–H and O–H groups in total. The van der Waals surface area contributed by atoms with Gasteiger partial charge >= 0.3 is 0 Å². The number of nitrogens with zero attached hydrogens (tertiary/aromatic N) is 1. The van der Waals surface area contributed by atoms with E-state index in [0.717, 1.165) is 11.1 Å². The number of hydrogen-bond donors (Lipinski definition) is 0. The van der Waals surface area contributed by atoms with Crippen molar-refractivity contribution in [3.05, 3.63) is 52.5 Å². The van der Waals surface area contributed by atoms with Crippen LogP contribution in [0.4, 0.5) is 0 Å². The Labute approximate surface area is 96.4 Å². The molecule has 0 spiro atoms. The molecule has 0 aliphatic carbocycles. The summed E-state index contributed by atoms with van der Waals surface area (Å²) in [5.41, 5.74) is 2.26. The molecule has 0 atom stereocenters. The Morgan fingerprint density at radius 1 is 1.31 bits per heavy atom. The summed E-state index contributed by atoms with van der Waals surface area (Å²) < 4.78 is 0. The Balaban J connectivity index is 3.02. The third-order valence-electron chi connectivity index (χ3n) is 2.28. The summed E-state index contributed by atoms with van der Waals surface area (Å²) in [6, 6.07) is 7.75. The maximum absolute atomic E-state index is 11.7. The number of carbonyl (C=O) groups excluding carboxylic acids is 1. The molecule has 82 valence electrons. The molecule has 2 heteroatoms. The van der Waals surface area contributed by atoms with Crippen LogP contribution in [0.15, 0.2) is 30.0 Å². The van der Waals surface area contributed by atoms with Gasteiger partial charge in [-0.1, -0.05) is 43.7 Å². The average Bonchev–Trinajstić information content (AvgIpc) is 2.27. The van der Waals surface area contributed by atoms with Crippen LogP contribution < -0.4 is 0 Å². The van der Waals surface area contributed by atoms with Gasteiger partial charge in [0.2, 0.25) is 5.70 Å². The van der Waals surface area contributed by atoms with Crippen LogP contribution in [0, 0.1) is 19.4 Å². The van der Waals surface area contributed by atoms with Crippen molar-refractivity contribution < 1.29 is 4.79 Å². The fourth-order valence-electron chi connectivity index (χ4n) is 1.27. The first kappa shape index (κ1) is 12.2. The summed E-state index contributed by atoms with van der Waals surface area (Å²) in [5.74, 6) is -0.235. The maximum Gasteiger partial charge on any atom is 0.230 e. The number of hydrogen-bond acceptors (Lipinski definition) is 1. The van der Waals surface area contributed by atoms with Crippen molar-refractivity contribution in [2.45, 2.75) is 20.8 Å². The molecule has 0 saturated carbocycles.